The van der Waals surface area contributed by atoms with Gasteiger partial charge in [-0.2, -0.15) is 0 Å². The predicted octanol–water partition coefficient (Wildman–Crippen LogP) is 3.46. The van der Waals surface area contributed by atoms with Crippen molar-refractivity contribution in [2.45, 2.75) is 0 Å². The molecule has 3 aromatic rings. The summed E-state index contributed by atoms with van der Waals surface area (Å²) in [5.74, 6) is -6.70. The SMILES string of the molecule is O=C(O)c1ccc(OP(=O)(Oc2ccc(C(=O)O)c(C(=O)O)c2)c2ccccc2)cc1C(=O)O. The van der Waals surface area contributed by atoms with Crippen molar-refractivity contribution in [2.75, 3.05) is 0 Å². The van der Waals surface area contributed by atoms with Gasteiger partial charge in [-0.1, -0.05) is 18.2 Å². The minimum Gasteiger partial charge on any atom is -0.478 e. The molecule has 3 rings (SSSR count). The number of aromatic carboxylic acids is 4. The van der Waals surface area contributed by atoms with E-state index in [-0.39, 0.29) is 16.8 Å². The molecule has 0 aliphatic carbocycles. The van der Waals surface area contributed by atoms with Gasteiger partial charge in [0.05, 0.1) is 27.6 Å². The van der Waals surface area contributed by atoms with E-state index >= 15 is 0 Å². The minimum atomic E-state index is -4.37. The van der Waals surface area contributed by atoms with Crippen LogP contribution in [0.5, 0.6) is 11.5 Å². The molecule has 0 saturated carbocycles. The monoisotopic (exact) mass is 486 g/mol. The van der Waals surface area contributed by atoms with Crippen LogP contribution in [0.2, 0.25) is 0 Å². The molecular weight excluding hydrogens is 471 g/mol. The Morgan fingerprint density at radius 1 is 0.559 bits per heavy atom. The average Bonchev–Trinajstić information content (AvgIpc) is 2.79. The molecule has 4 N–H and O–H groups in total. The van der Waals surface area contributed by atoms with Gasteiger partial charge in [-0.05, 0) is 48.5 Å². The first kappa shape index (κ1) is 24.0. The first-order chi connectivity index (χ1) is 16.0. The van der Waals surface area contributed by atoms with Crippen molar-refractivity contribution in [1.82, 2.24) is 0 Å². The lowest BCUT2D eigenvalue weighted by molar-refractivity contribution is 0.0651. The molecular formula is C22H15O11P. The van der Waals surface area contributed by atoms with Crippen LogP contribution in [-0.4, -0.2) is 44.3 Å². The van der Waals surface area contributed by atoms with E-state index in [4.69, 9.17) is 19.3 Å². The highest BCUT2D eigenvalue weighted by Crippen LogP contribution is 2.48. The maximum Gasteiger partial charge on any atom is 0.462 e. The lowest BCUT2D eigenvalue weighted by Gasteiger charge is -2.21. The molecule has 0 spiro atoms. The van der Waals surface area contributed by atoms with Crippen LogP contribution < -0.4 is 14.4 Å². The highest BCUT2D eigenvalue weighted by atomic mass is 31.2. The summed E-state index contributed by atoms with van der Waals surface area (Å²) in [7, 11) is -4.37. The van der Waals surface area contributed by atoms with Crippen LogP contribution in [-0.2, 0) is 4.57 Å². The number of benzene rings is 3. The predicted molar refractivity (Wildman–Crippen MR) is 116 cm³/mol. The van der Waals surface area contributed by atoms with Crippen molar-refractivity contribution < 1.29 is 53.2 Å². The third kappa shape index (κ3) is 5.05. The molecule has 12 heteroatoms. The molecule has 0 bridgehead atoms. The highest BCUT2D eigenvalue weighted by molar-refractivity contribution is 7.63. The largest absolute Gasteiger partial charge is 0.478 e. The fraction of sp³-hybridized carbons (Fsp3) is 0. The first-order valence-corrected chi connectivity index (χ1v) is 10.8. The first-order valence-electron chi connectivity index (χ1n) is 9.28. The Bertz CT molecular complexity index is 1270. The second-order valence-electron chi connectivity index (χ2n) is 6.65. The van der Waals surface area contributed by atoms with Crippen LogP contribution in [0.1, 0.15) is 41.4 Å². The van der Waals surface area contributed by atoms with E-state index < -0.39 is 53.7 Å². The molecule has 0 heterocycles. The molecule has 11 nitrogen and oxygen atoms in total. The summed E-state index contributed by atoms with van der Waals surface area (Å²) in [6.07, 6.45) is 0. The second-order valence-corrected chi connectivity index (χ2v) is 8.53. The van der Waals surface area contributed by atoms with Crippen molar-refractivity contribution in [2.24, 2.45) is 0 Å². The van der Waals surface area contributed by atoms with Crippen molar-refractivity contribution >= 4 is 36.8 Å². The van der Waals surface area contributed by atoms with Gasteiger partial charge in [-0.15, -0.1) is 0 Å². The summed E-state index contributed by atoms with van der Waals surface area (Å²) < 4.78 is 24.8. The van der Waals surface area contributed by atoms with E-state index in [9.17, 15) is 34.0 Å². The molecule has 0 aromatic heterocycles. The number of carbonyl (C=O) groups is 4. The van der Waals surface area contributed by atoms with Crippen LogP contribution in [0, 0.1) is 0 Å². The van der Waals surface area contributed by atoms with Crippen LogP contribution in [0.4, 0.5) is 0 Å². The Morgan fingerprint density at radius 3 is 1.29 bits per heavy atom. The summed E-state index contributed by atoms with van der Waals surface area (Å²) in [5, 5.41) is 37.0. The number of hydrogen-bond donors (Lipinski definition) is 4. The average molecular weight is 486 g/mol. The Kier molecular flexibility index (Phi) is 6.69. The zero-order valence-corrected chi connectivity index (χ0v) is 17.8. The fourth-order valence-corrected chi connectivity index (χ4v) is 4.47. The number of rotatable bonds is 9. The fourth-order valence-electron chi connectivity index (χ4n) is 2.90. The zero-order valence-electron chi connectivity index (χ0n) is 16.9. The maximum atomic E-state index is 13.8. The molecule has 0 atom stereocenters. The van der Waals surface area contributed by atoms with E-state index in [1.165, 1.54) is 24.3 Å². The molecule has 0 unspecified atom stereocenters. The van der Waals surface area contributed by atoms with Crippen molar-refractivity contribution in [1.29, 1.82) is 0 Å². The standard InChI is InChI=1S/C22H15O11P/c23-19(24)15-8-6-12(10-17(15)21(27)28)32-34(31,14-4-2-1-3-5-14)33-13-7-9-16(20(25)26)18(11-13)22(29)30/h1-11H,(H,23,24)(H,25,26)(H,27,28)(H,29,30). The van der Waals surface area contributed by atoms with Crippen LogP contribution in [0.3, 0.4) is 0 Å². The normalized spacial score (nSPS) is 10.8. The molecule has 0 radical (unpaired) electrons. The number of hydrogen-bond acceptors (Lipinski definition) is 7. The molecule has 0 amide bonds. The third-order valence-corrected chi connectivity index (χ3v) is 6.26. The lowest BCUT2D eigenvalue weighted by Crippen LogP contribution is -2.16. The molecule has 0 aliphatic heterocycles. The molecule has 3 aromatic carbocycles. The van der Waals surface area contributed by atoms with Gasteiger partial charge in [0, 0.05) is 0 Å². The summed E-state index contributed by atoms with van der Waals surface area (Å²) in [5.41, 5.74) is -2.29. The van der Waals surface area contributed by atoms with Crippen LogP contribution in [0.15, 0.2) is 66.7 Å². The molecule has 0 saturated heterocycles. The van der Waals surface area contributed by atoms with E-state index in [1.54, 1.807) is 6.07 Å². The molecule has 174 valence electrons. The quantitative estimate of drug-likeness (QED) is 0.325. The molecule has 0 fully saturated rings. The van der Waals surface area contributed by atoms with Gasteiger partial charge in [-0.3, -0.25) is 0 Å². The molecule has 34 heavy (non-hydrogen) atoms. The highest BCUT2D eigenvalue weighted by Gasteiger charge is 2.33. The Labute approximate surface area is 191 Å². The van der Waals surface area contributed by atoms with Crippen LogP contribution in [0.25, 0.3) is 0 Å². The summed E-state index contributed by atoms with van der Waals surface area (Å²) in [6.45, 7) is 0. The minimum absolute atomic E-state index is 0.00775. The van der Waals surface area contributed by atoms with Gasteiger partial charge in [0.15, 0.2) is 0 Å². The van der Waals surface area contributed by atoms with Crippen molar-refractivity contribution in [3.63, 3.8) is 0 Å². The summed E-state index contributed by atoms with van der Waals surface area (Å²) in [4.78, 5) is 45.5. The van der Waals surface area contributed by atoms with Gasteiger partial charge in [-0.25, -0.2) is 23.7 Å². The Balaban J connectivity index is 2.08. The van der Waals surface area contributed by atoms with E-state index in [2.05, 4.69) is 0 Å². The lowest BCUT2D eigenvalue weighted by atomic mass is 10.1. The number of carboxylic acid groups (broad SMARTS) is 4. The summed E-state index contributed by atoms with van der Waals surface area (Å²) >= 11 is 0. The van der Waals surface area contributed by atoms with E-state index in [0.29, 0.717) is 0 Å². The third-order valence-electron chi connectivity index (χ3n) is 4.43. The Morgan fingerprint density at radius 2 is 0.941 bits per heavy atom. The number of carboxylic acids is 4. The van der Waals surface area contributed by atoms with E-state index in [0.717, 1.165) is 36.4 Å². The summed E-state index contributed by atoms with van der Waals surface area (Å²) in [6, 6.07) is 13.2. The topological polar surface area (TPSA) is 185 Å². The van der Waals surface area contributed by atoms with Gasteiger partial charge in [0.2, 0.25) is 0 Å². The zero-order chi connectivity index (χ0) is 25.0. The van der Waals surface area contributed by atoms with Crippen molar-refractivity contribution in [3.8, 4) is 11.5 Å². The van der Waals surface area contributed by atoms with Crippen LogP contribution >= 0.6 is 7.60 Å². The van der Waals surface area contributed by atoms with E-state index in [1.807, 2.05) is 0 Å². The van der Waals surface area contributed by atoms with Gasteiger partial charge in [0.25, 0.3) is 0 Å². The van der Waals surface area contributed by atoms with Crippen molar-refractivity contribution in [3.05, 3.63) is 89.0 Å². The van der Waals surface area contributed by atoms with Gasteiger partial charge >= 0.3 is 31.5 Å². The van der Waals surface area contributed by atoms with Gasteiger partial charge in [0.1, 0.15) is 11.5 Å². The molecule has 0 aliphatic rings. The van der Waals surface area contributed by atoms with Gasteiger partial charge < -0.3 is 29.5 Å². The smallest absolute Gasteiger partial charge is 0.462 e. The Hall–Kier alpha value is -4.63. The second kappa shape index (κ2) is 9.47. The maximum absolute atomic E-state index is 13.8.